The molecule has 8 nitrogen and oxygen atoms in total. The number of hydrogen-bond donors (Lipinski definition) is 0. The maximum Gasteiger partial charge on any atom is 0.305 e. The van der Waals surface area contributed by atoms with Gasteiger partial charge in [0, 0.05) is 38.7 Å². The van der Waals surface area contributed by atoms with Crippen molar-refractivity contribution >= 4 is 17.7 Å². The summed E-state index contributed by atoms with van der Waals surface area (Å²) in [5.74, 6) is 1.63. The zero-order chi connectivity index (χ0) is 19.2. The average Bonchev–Trinajstić information content (AvgIpc) is 2.74. The number of hydrogen-bond acceptors (Lipinski definition) is 7. The third-order valence-corrected chi connectivity index (χ3v) is 5.54. The molecule has 2 fully saturated rings. The van der Waals surface area contributed by atoms with Gasteiger partial charge in [-0.25, -0.2) is 0 Å². The van der Waals surface area contributed by atoms with Gasteiger partial charge in [-0.05, 0) is 37.7 Å². The highest BCUT2D eigenvalue weighted by atomic mass is 16.5. The van der Waals surface area contributed by atoms with E-state index in [-0.39, 0.29) is 17.8 Å². The molecule has 148 valence electrons. The molecular formula is C19H28N4O4. The SMILES string of the molecule is COC(=O)CC1CCN(C(=O)[C@@H]2CCCN(c3ccc(OC)nn3)C2)CC1. The molecule has 8 heteroatoms. The fraction of sp³-hybridized carbons (Fsp3) is 0.684. The Morgan fingerprint density at radius 3 is 2.52 bits per heavy atom. The van der Waals surface area contributed by atoms with Gasteiger partial charge in [0.25, 0.3) is 0 Å². The van der Waals surface area contributed by atoms with Crippen molar-refractivity contribution in [3.05, 3.63) is 12.1 Å². The van der Waals surface area contributed by atoms with Gasteiger partial charge in [0.2, 0.25) is 11.8 Å². The summed E-state index contributed by atoms with van der Waals surface area (Å²) >= 11 is 0. The standard InChI is InChI=1S/C19H28N4O4/c1-26-17-6-5-16(20-21-17)23-9-3-4-15(13-23)19(25)22-10-7-14(8-11-22)12-18(24)27-2/h5-6,14-15H,3-4,7-13H2,1-2H3/t15-/m1/s1. The zero-order valence-corrected chi connectivity index (χ0v) is 16.1. The lowest BCUT2D eigenvalue weighted by molar-refractivity contribution is -0.142. The van der Waals surface area contributed by atoms with Crippen LogP contribution in [0, 0.1) is 11.8 Å². The highest BCUT2D eigenvalue weighted by molar-refractivity contribution is 5.80. The predicted molar refractivity (Wildman–Crippen MR) is 99.5 cm³/mol. The maximum absolute atomic E-state index is 13.0. The van der Waals surface area contributed by atoms with E-state index in [9.17, 15) is 9.59 Å². The van der Waals surface area contributed by atoms with Gasteiger partial charge in [0.1, 0.15) is 0 Å². The fourth-order valence-electron chi connectivity index (χ4n) is 3.91. The molecule has 0 aliphatic carbocycles. The summed E-state index contributed by atoms with van der Waals surface area (Å²) in [6.07, 6.45) is 4.04. The quantitative estimate of drug-likeness (QED) is 0.720. The van der Waals surface area contributed by atoms with Gasteiger partial charge in [0.15, 0.2) is 5.82 Å². The van der Waals surface area contributed by atoms with Crippen molar-refractivity contribution in [1.82, 2.24) is 15.1 Å². The Balaban J connectivity index is 1.53. The Morgan fingerprint density at radius 2 is 1.89 bits per heavy atom. The molecule has 2 aliphatic rings. The van der Waals surface area contributed by atoms with Gasteiger partial charge in [-0.3, -0.25) is 9.59 Å². The second kappa shape index (κ2) is 9.01. The minimum absolute atomic E-state index is 0.0141. The van der Waals surface area contributed by atoms with Crippen LogP contribution in [0.25, 0.3) is 0 Å². The molecule has 0 aromatic carbocycles. The number of piperidine rings is 2. The largest absolute Gasteiger partial charge is 0.480 e. The van der Waals surface area contributed by atoms with Crippen LogP contribution < -0.4 is 9.64 Å². The molecule has 27 heavy (non-hydrogen) atoms. The van der Waals surface area contributed by atoms with Crippen LogP contribution in [0.5, 0.6) is 5.88 Å². The van der Waals surface area contributed by atoms with Crippen molar-refractivity contribution in [2.24, 2.45) is 11.8 Å². The molecule has 2 aliphatic heterocycles. The normalized spacial score (nSPS) is 21.0. The second-order valence-electron chi connectivity index (χ2n) is 7.27. The molecule has 0 spiro atoms. The van der Waals surface area contributed by atoms with E-state index in [1.165, 1.54) is 7.11 Å². The van der Waals surface area contributed by atoms with Crippen molar-refractivity contribution in [2.75, 3.05) is 45.3 Å². The summed E-state index contributed by atoms with van der Waals surface area (Å²) in [5.41, 5.74) is 0. The molecular weight excluding hydrogens is 348 g/mol. The smallest absolute Gasteiger partial charge is 0.305 e. The number of carbonyl (C=O) groups excluding carboxylic acids is 2. The van der Waals surface area contributed by atoms with Crippen LogP contribution in [0.3, 0.4) is 0 Å². The van der Waals surface area contributed by atoms with Gasteiger partial charge in [-0.1, -0.05) is 0 Å². The summed E-state index contributed by atoms with van der Waals surface area (Å²) in [6.45, 7) is 2.99. The highest BCUT2D eigenvalue weighted by Gasteiger charge is 2.32. The summed E-state index contributed by atoms with van der Waals surface area (Å²) < 4.78 is 9.80. The van der Waals surface area contributed by atoms with E-state index >= 15 is 0 Å². The third-order valence-electron chi connectivity index (χ3n) is 5.54. The maximum atomic E-state index is 13.0. The lowest BCUT2D eigenvalue weighted by atomic mass is 9.91. The molecule has 3 rings (SSSR count). The number of rotatable bonds is 5. The van der Waals surface area contributed by atoms with Crippen LogP contribution >= 0.6 is 0 Å². The van der Waals surface area contributed by atoms with Crippen LogP contribution in [0.1, 0.15) is 32.1 Å². The van der Waals surface area contributed by atoms with Gasteiger partial charge in [-0.2, -0.15) is 0 Å². The molecule has 1 atom stereocenters. The number of esters is 1. The fourth-order valence-corrected chi connectivity index (χ4v) is 3.91. The number of amides is 1. The molecule has 3 heterocycles. The summed E-state index contributed by atoms with van der Waals surface area (Å²) in [7, 11) is 2.98. The predicted octanol–water partition coefficient (Wildman–Crippen LogP) is 1.50. The van der Waals surface area contributed by atoms with E-state index in [0.29, 0.717) is 24.8 Å². The molecule has 1 aromatic rings. The lowest BCUT2D eigenvalue weighted by Crippen LogP contribution is -2.47. The van der Waals surface area contributed by atoms with Gasteiger partial charge < -0.3 is 19.3 Å². The monoisotopic (exact) mass is 376 g/mol. The van der Waals surface area contributed by atoms with E-state index in [1.54, 1.807) is 13.2 Å². The first-order valence-corrected chi connectivity index (χ1v) is 9.59. The lowest BCUT2D eigenvalue weighted by Gasteiger charge is -2.38. The van der Waals surface area contributed by atoms with E-state index in [1.807, 2.05) is 11.0 Å². The van der Waals surface area contributed by atoms with Crippen LogP contribution in [-0.4, -0.2) is 67.4 Å². The number of likely N-dealkylation sites (tertiary alicyclic amines) is 1. The first-order chi connectivity index (χ1) is 13.1. The van der Waals surface area contributed by atoms with Crippen LogP contribution in [0.4, 0.5) is 5.82 Å². The van der Waals surface area contributed by atoms with Gasteiger partial charge in [-0.15, -0.1) is 10.2 Å². The Kier molecular flexibility index (Phi) is 6.47. The highest BCUT2D eigenvalue weighted by Crippen LogP contribution is 2.26. The number of nitrogens with zero attached hydrogens (tertiary/aromatic N) is 4. The van der Waals surface area contributed by atoms with Crippen molar-refractivity contribution in [3.63, 3.8) is 0 Å². The Bertz CT molecular complexity index is 644. The Labute approximate surface area is 159 Å². The molecule has 0 bridgehead atoms. The van der Waals surface area contributed by atoms with Crippen LogP contribution in [0.15, 0.2) is 12.1 Å². The van der Waals surface area contributed by atoms with Gasteiger partial charge >= 0.3 is 5.97 Å². The zero-order valence-electron chi connectivity index (χ0n) is 16.1. The van der Waals surface area contributed by atoms with E-state index in [0.717, 1.165) is 51.1 Å². The summed E-state index contributed by atoms with van der Waals surface area (Å²) in [4.78, 5) is 28.5. The van der Waals surface area contributed by atoms with E-state index in [2.05, 4.69) is 15.1 Å². The van der Waals surface area contributed by atoms with Crippen molar-refractivity contribution in [2.45, 2.75) is 32.1 Å². The molecule has 0 saturated carbocycles. The number of carbonyl (C=O) groups is 2. The van der Waals surface area contributed by atoms with E-state index < -0.39 is 0 Å². The number of methoxy groups -OCH3 is 2. The molecule has 0 radical (unpaired) electrons. The van der Waals surface area contributed by atoms with E-state index in [4.69, 9.17) is 9.47 Å². The minimum Gasteiger partial charge on any atom is -0.480 e. The summed E-state index contributed by atoms with van der Waals surface area (Å²) in [5, 5.41) is 8.23. The number of aromatic nitrogens is 2. The number of ether oxygens (including phenoxy) is 2. The molecule has 2 saturated heterocycles. The Hall–Kier alpha value is -2.38. The van der Waals surface area contributed by atoms with Gasteiger partial charge in [0.05, 0.1) is 20.1 Å². The first kappa shape index (κ1) is 19.4. The summed E-state index contributed by atoms with van der Waals surface area (Å²) in [6, 6.07) is 3.68. The minimum atomic E-state index is -0.164. The first-order valence-electron chi connectivity index (χ1n) is 9.59. The van der Waals surface area contributed by atoms with Crippen molar-refractivity contribution < 1.29 is 19.1 Å². The van der Waals surface area contributed by atoms with Crippen molar-refractivity contribution in [1.29, 1.82) is 0 Å². The number of anilines is 1. The Morgan fingerprint density at radius 1 is 1.11 bits per heavy atom. The molecule has 0 N–H and O–H groups in total. The average molecular weight is 376 g/mol. The second-order valence-corrected chi connectivity index (χ2v) is 7.27. The van der Waals surface area contributed by atoms with Crippen molar-refractivity contribution in [3.8, 4) is 5.88 Å². The van der Waals surface area contributed by atoms with Crippen LogP contribution in [-0.2, 0) is 14.3 Å². The molecule has 1 amide bonds. The topological polar surface area (TPSA) is 84.9 Å². The molecule has 0 unspecified atom stereocenters. The van der Waals surface area contributed by atoms with Crippen LogP contribution in [0.2, 0.25) is 0 Å². The molecule has 1 aromatic heterocycles. The third kappa shape index (κ3) is 4.87.